The molecule has 0 saturated heterocycles. The lowest BCUT2D eigenvalue weighted by atomic mass is 9.90. The van der Waals surface area contributed by atoms with Gasteiger partial charge in [0.05, 0.1) is 39.6 Å². The number of aromatic nitrogens is 2. The number of para-hydroxylation sites is 1. The number of allylic oxidation sites excluding steroid dienone is 1. The van der Waals surface area contributed by atoms with Crippen molar-refractivity contribution in [2.24, 2.45) is 4.99 Å². The summed E-state index contributed by atoms with van der Waals surface area (Å²) in [5.74, 6) is 0.0811. The molecule has 0 unspecified atom stereocenters. The van der Waals surface area contributed by atoms with E-state index in [1.165, 1.54) is 11.3 Å². The average Bonchev–Trinajstić information content (AvgIpc) is 3.61. The van der Waals surface area contributed by atoms with E-state index < -0.39 is 12.0 Å². The molecule has 0 spiro atoms. The van der Waals surface area contributed by atoms with Gasteiger partial charge in [0.15, 0.2) is 4.80 Å². The second-order valence-corrected chi connectivity index (χ2v) is 13.6. The van der Waals surface area contributed by atoms with E-state index in [1.807, 2.05) is 85.9 Å². The first-order valence-electron chi connectivity index (χ1n) is 16.1. The molecule has 49 heavy (non-hydrogen) atoms. The van der Waals surface area contributed by atoms with Gasteiger partial charge in [-0.15, -0.1) is 0 Å². The van der Waals surface area contributed by atoms with Crippen LogP contribution in [0.1, 0.15) is 49.4 Å². The lowest BCUT2D eigenvalue weighted by Gasteiger charge is -2.28. The van der Waals surface area contributed by atoms with Crippen LogP contribution in [0.3, 0.4) is 0 Å². The van der Waals surface area contributed by atoms with Crippen LogP contribution in [0.25, 0.3) is 27.8 Å². The van der Waals surface area contributed by atoms with E-state index >= 15 is 0 Å². The SMILES string of the molecule is CCCC1=C(C(=O)OCC)[C@H](c2c(OC)ccc3ccccc23)n2c(s/c(=C/c3cn(Cc4ccc(Cl)c(Cl)c4)c4ccccc34)c2=O)=N1. The molecule has 1 aliphatic heterocycles. The number of nitrogens with zero attached hydrogens (tertiary/aromatic N) is 3. The molecule has 0 N–H and O–H groups in total. The number of hydrogen-bond acceptors (Lipinski definition) is 6. The Hall–Kier alpha value is -4.63. The van der Waals surface area contributed by atoms with Crippen molar-refractivity contribution >= 4 is 68.3 Å². The molecular weight excluding hydrogens is 677 g/mol. The van der Waals surface area contributed by atoms with E-state index in [1.54, 1.807) is 24.7 Å². The number of carbonyl (C=O) groups excluding carboxylic acids is 1. The number of carbonyl (C=O) groups is 1. The Morgan fingerprint density at radius 3 is 2.51 bits per heavy atom. The van der Waals surface area contributed by atoms with Gasteiger partial charge >= 0.3 is 5.97 Å². The lowest BCUT2D eigenvalue weighted by molar-refractivity contribution is -0.139. The third-order valence-electron chi connectivity index (χ3n) is 8.76. The van der Waals surface area contributed by atoms with Crippen LogP contribution in [-0.4, -0.2) is 28.8 Å². The van der Waals surface area contributed by atoms with Crippen molar-refractivity contribution in [3.63, 3.8) is 0 Å². The molecule has 4 aromatic carbocycles. The molecule has 0 radical (unpaired) electrons. The van der Waals surface area contributed by atoms with E-state index in [4.69, 9.17) is 37.7 Å². The first kappa shape index (κ1) is 32.9. The predicted molar refractivity (Wildman–Crippen MR) is 198 cm³/mol. The highest BCUT2D eigenvalue weighted by molar-refractivity contribution is 7.07. The average molecular weight is 711 g/mol. The summed E-state index contributed by atoms with van der Waals surface area (Å²) < 4.78 is 15.8. The van der Waals surface area contributed by atoms with Crippen LogP contribution >= 0.6 is 34.5 Å². The second-order valence-electron chi connectivity index (χ2n) is 11.8. The molecule has 0 aliphatic carbocycles. The van der Waals surface area contributed by atoms with Gasteiger partial charge in [-0.05, 0) is 60.0 Å². The Morgan fingerprint density at radius 1 is 0.980 bits per heavy atom. The molecule has 1 atom stereocenters. The topological polar surface area (TPSA) is 74.8 Å². The minimum Gasteiger partial charge on any atom is -0.496 e. The lowest BCUT2D eigenvalue weighted by Crippen LogP contribution is -2.40. The summed E-state index contributed by atoms with van der Waals surface area (Å²) >= 11 is 13.8. The predicted octanol–water partition coefficient (Wildman–Crippen LogP) is 8.05. The Bertz CT molecular complexity index is 2480. The summed E-state index contributed by atoms with van der Waals surface area (Å²) in [6, 6.07) is 24.7. The van der Waals surface area contributed by atoms with Crippen molar-refractivity contribution in [2.45, 2.75) is 39.3 Å². The second kappa shape index (κ2) is 13.7. The minimum atomic E-state index is -0.809. The first-order chi connectivity index (χ1) is 23.8. The zero-order valence-electron chi connectivity index (χ0n) is 27.2. The van der Waals surface area contributed by atoms with Gasteiger partial charge < -0.3 is 14.0 Å². The van der Waals surface area contributed by atoms with Crippen molar-refractivity contribution in [2.75, 3.05) is 13.7 Å². The largest absolute Gasteiger partial charge is 0.496 e. The Balaban J connectivity index is 1.47. The van der Waals surface area contributed by atoms with Crippen LogP contribution in [0.15, 0.2) is 106 Å². The van der Waals surface area contributed by atoms with Gasteiger partial charge in [-0.2, -0.15) is 0 Å². The summed E-state index contributed by atoms with van der Waals surface area (Å²) in [7, 11) is 1.60. The molecule has 0 amide bonds. The molecule has 10 heteroatoms. The molecule has 0 saturated carbocycles. The van der Waals surface area contributed by atoms with E-state index in [9.17, 15) is 9.59 Å². The Labute approximate surface area is 297 Å². The summed E-state index contributed by atoms with van der Waals surface area (Å²) in [6.07, 6.45) is 5.27. The highest BCUT2D eigenvalue weighted by atomic mass is 35.5. The third-order valence-corrected chi connectivity index (χ3v) is 10.5. The number of fused-ring (bicyclic) bond motifs is 3. The van der Waals surface area contributed by atoms with Gasteiger partial charge in [-0.25, -0.2) is 9.79 Å². The molecule has 3 heterocycles. The molecule has 7 nitrogen and oxygen atoms in total. The zero-order valence-corrected chi connectivity index (χ0v) is 29.5. The number of thiazole rings is 1. The number of methoxy groups -OCH3 is 1. The van der Waals surface area contributed by atoms with Crippen LogP contribution in [0, 0.1) is 0 Å². The highest BCUT2D eigenvalue weighted by Crippen LogP contribution is 2.41. The highest BCUT2D eigenvalue weighted by Gasteiger charge is 2.37. The smallest absolute Gasteiger partial charge is 0.338 e. The molecule has 0 fully saturated rings. The van der Waals surface area contributed by atoms with Crippen LogP contribution in [-0.2, 0) is 16.1 Å². The standard InChI is InChI=1S/C39H33Cl2N3O4S/c1-4-10-30-35(38(46)48-5-2)36(34-27-13-7-6-11-24(27)16-18-32(34)47-3)44-37(45)33(49-39(44)42-30)20-25-22-43(31-14-9-8-12-26(25)31)21-23-15-17-28(40)29(41)19-23/h6-9,11-20,22,36H,4-5,10,21H2,1-3H3/b33-20+/t36-/m0/s1. The number of hydrogen-bond donors (Lipinski definition) is 0. The van der Waals surface area contributed by atoms with Gasteiger partial charge in [0.1, 0.15) is 11.8 Å². The molecule has 248 valence electrons. The van der Waals surface area contributed by atoms with Crippen molar-refractivity contribution in [3.8, 4) is 5.75 Å². The van der Waals surface area contributed by atoms with Crippen molar-refractivity contribution in [1.29, 1.82) is 0 Å². The van der Waals surface area contributed by atoms with Crippen molar-refractivity contribution < 1.29 is 14.3 Å². The molecular formula is C39H33Cl2N3O4S. The van der Waals surface area contributed by atoms with E-state index in [0.29, 0.717) is 49.4 Å². The summed E-state index contributed by atoms with van der Waals surface area (Å²) in [4.78, 5) is 34.0. The van der Waals surface area contributed by atoms with Crippen LogP contribution in [0.2, 0.25) is 10.0 Å². The zero-order chi connectivity index (χ0) is 34.2. The third kappa shape index (κ3) is 5.98. The fraction of sp³-hybridized carbons (Fsp3) is 0.205. The monoisotopic (exact) mass is 709 g/mol. The maximum atomic E-state index is 14.7. The molecule has 2 aromatic heterocycles. The van der Waals surface area contributed by atoms with Gasteiger partial charge in [0.25, 0.3) is 5.56 Å². The summed E-state index contributed by atoms with van der Waals surface area (Å²) in [6.45, 7) is 4.58. The van der Waals surface area contributed by atoms with Gasteiger partial charge in [-0.3, -0.25) is 9.36 Å². The van der Waals surface area contributed by atoms with Crippen LogP contribution in [0.4, 0.5) is 0 Å². The fourth-order valence-corrected chi connectivity index (χ4v) is 7.96. The minimum absolute atomic E-state index is 0.192. The maximum absolute atomic E-state index is 14.7. The molecule has 6 aromatic rings. The number of benzene rings is 4. The van der Waals surface area contributed by atoms with E-state index in [-0.39, 0.29) is 12.2 Å². The van der Waals surface area contributed by atoms with Gasteiger partial charge in [-0.1, -0.05) is 102 Å². The van der Waals surface area contributed by atoms with Crippen molar-refractivity contribution in [3.05, 3.63) is 143 Å². The number of esters is 1. The maximum Gasteiger partial charge on any atom is 0.338 e. The first-order valence-corrected chi connectivity index (χ1v) is 17.7. The number of ether oxygens (including phenoxy) is 2. The Kier molecular flexibility index (Phi) is 9.20. The summed E-state index contributed by atoms with van der Waals surface area (Å²) in [5.41, 5.74) is 4.35. The fourth-order valence-electron chi connectivity index (χ4n) is 6.63. The molecule has 1 aliphatic rings. The number of rotatable bonds is 9. The van der Waals surface area contributed by atoms with E-state index in [0.717, 1.165) is 44.8 Å². The summed E-state index contributed by atoms with van der Waals surface area (Å²) in [5, 5.41) is 3.85. The normalized spacial score (nSPS) is 14.7. The van der Waals surface area contributed by atoms with Gasteiger partial charge in [0, 0.05) is 34.8 Å². The number of halogens is 2. The van der Waals surface area contributed by atoms with Gasteiger partial charge in [0.2, 0.25) is 0 Å². The van der Waals surface area contributed by atoms with E-state index in [2.05, 4.69) is 10.6 Å². The molecule has 7 rings (SSSR count). The molecule has 0 bridgehead atoms. The van der Waals surface area contributed by atoms with Crippen molar-refractivity contribution in [1.82, 2.24) is 9.13 Å². The van der Waals surface area contributed by atoms with Crippen LogP contribution < -0.4 is 19.6 Å². The Morgan fingerprint density at radius 2 is 1.76 bits per heavy atom. The quantitative estimate of drug-likeness (QED) is 0.142. The van der Waals surface area contributed by atoms with Crippen LogP contribution in [0.5, 0.6) is 5.75 Å².